The Labute approximate surface area is 193 Å². The number of aliphatic imine (C=N–C) groups is 1. The Morgan fingerprint density at radius 1 is 1.17 bits per heavy atom. The number of hydrogen-bond acceptors (Lipinski definition) is 5. The van der Waals surface area contributed by atoms with Crippen LogP contribution >= 0.6 is 35.3 Å². The van der Waals surface area contributed by atoms with Crippen molar-refractivity contribution < 1.29 is 9.47 Å². The highest BCUT2D eigenvalue weighted by Crippen LogP contribution is 2.43. The van der Waals surface area contributed by atoms with Gasteiger partial charge in [-0.1, -0.05) is 18.9 Å². The molecule has 0 spiro atoms. The van der Waals surface area contributed by atoms with E-state index in [1.165, 1.54) is 36.1 Å². The molecule has 2 aromatic rings. The highest BCUT2D eigenvalue weighted by molar-refractivity contribution is 14.0. The smallest absolute Gasteiger partial charge is 0.191 e. The van der Waals surface area contributed by atoms with E-state index >= 15 is 0 Å². The van der Waals surface area contributed by atoms with Crippen molar-refractivity contribution in [1.82, 2.24) is 15.6 Å². The van der Waals surface area contributed by atoms with E-state index in [4.69, 9.17) is 9.47 Å². The summed E-state index contributed by atoms with van der Waals surface area (Å²) in [6, 6.07) is 6.44. The fraction of sp³-hybridized carbons (Fsp3) is 0.524. The summed E-state index contributed by atoms with van der Waals surface area (Å²) in [5, 5.41) is 8.01. The number of aromatic nitrogens is 1. The molecule has 2 aliphatic rings. The average Bonchev–Trinajstić information content (AvgIpc) is 3.37. The number of thiazole rings is 1. The number of aryl methyl sites for hydroxylation is 1. The molecule has 2 heterocycles. The van der Waals surface area contributed by atoms with Crippen molar-refractivity contribution in [2.24, 2.45) is 4.99 Å². The van der Waals surface area contributed by atoms with Gasteiger partial charge < -0.3 is 20.1 Å². The van der Waals surface area contributed by atoms with Gasteiger partial charge in [-0.05, 0) is 37.5 Å². The first-order valence-corrected chi connectivity index (χ1v) is 10.8. The lowest BCUT2D eigenvalue weighted by Gasteiger charge is -2.32. The molecule has 2 N–H and O–H groups in total. The Morgan fingerprint density at radius 3 is 2.62 bits per heavy atom. The zero-order valence-electron chi connectivity index (χ0n) is 17.0. The summed E-state index contributed by atoms with van der Waals surface area (Å²) in [5.74, 6) is 2.54. The molecule has 0 radical (unpaired) electrons. The molecular weight excluding hydrogens is 499 g/mol. The van der Waals surface area contributed by atoms with Crippen molar-refractivity contribution in [3.63, 3.8) is 0 Å². The molecule has 8 heteroatoms. The first-order valence-electron chi connectivity index (χ1n) is 9.94. The van der Waals surface area contributed by atoms with E-state index in [2.05, 4.69) is 45.7 Å². The highest BCUT2D eigenvalue weighted by atomic mass is 127. The second kappa shape index (κ2) is 9.97. The third-order valence-electron chi connectivity index (χ3n) is 5.61. The minimum atomic E-state index is 0. The predicted molar refractivity (Wildman–Crippen MR) is 128 cm³/mol. The lowest BCUT2D eigenvalue weighted by molar-refractivity contribution is 0.171. The molecule has 6 nitrogen and oxygen atoms in total. The van der Waals surface area contributed by atoms with E-state index < -0.39 is 0 Å². The monoisotopic (exact) mass is 528 g/mol. The molecule has 0 amide bonds. The largest absolute Gasteiger partial charge is 0.486 e. The number of rotatable bonds is 5. The SMILES string of the molecule is CN=C(NCc1ncc(C)s1)NCC1(c2ccc3c(c2)OCCO3)CCCC1.I. The maximum Gasteiger partial charge on any atom is 0.191 e. The summed E-state index contributed by atoms with van der Waals surface area (Å²) in [4.78, 5) is 10.0. The van der Waals surface area contributed by atoms with Crippen LogP contribution in [0.15, 0.2) is 29.4 Å². The number of ether oxygens (including phenoxy) is 2. The topological polar surface area (TPSA) is 67.8 Å². The zero-order valence-corrected chi connectivity index (χ0v) is 20.1. The first kappa shape index (κ1) is 22.1. The molecule has 1 aliphatic carbocycles. The van der Waals surface area contributed by atoms with Crippen LogP contribution in [0.3, 0.4) is 0 Å². The van der Waals surface area contributed by atoms with Gasteiger partial charge in [-0.2, -0.15) is 0 Å². The summed E-state index contributed by atoms with van der Waals surface area (Å²) < 4.78 is 11.5. The van der Waals surface area contributed by atoms with Crippen LogP contribution in [0.2, 0.25) is 0 Å². The molecule has 0 bridgehead atoms. The quantitative estimate of drug-likeness (QED) is 0.349. The van der Waals surface area contributed by atoms with Gasteiger partial charge in [0.05, 0.1) is 6.54 Å². The molecule has 1 fully saturated rings. The predicted octanol–water partition coefficient (Wildman–Crippen LogP) is 4.02. The van der Waals surface area contributed by atoms with Crippen molar-refractivity contribution in [2.75, 3.05) is 26.8 Å². The van der Waals surface area contributed by atoms with Crippen molar-refractivity contribution in [3.8, 4) is 11.5 Å². The first-order chi connectivity index (χ1) is 13.7. The van der Waals surface area contributed by atoms with Crippen LogP contribution < -0.4 is 20.1 Å². The van der Waals surface area contributed by atoms with Gasteiger partial charge in [0.2, 0.25) is 0 Å². The lowest BCUT2D eigenvalue weighted by atomic mass is 9.78. The molecular formula is C21H29IN4O2S. The molecule has 0 unspecified atom stereocenters. The standard InChI is InChI=1S/C21H28N4O2S.HI/c1-15-12-23-19(28-15)13-24-20(22-2)25-14-21(7-3-4-8-21)16-5-6-17-18(11-16)27-10-9-26-17;/h5-6,11-12H,3-4,7-10,13-14H2,1-2H3,(H2,22,24,25);1H. The van der Waals surface area contributed by atoms with Crippen molar-refractivity contribution in [2.45, 2.75) is 44.6 Å². The van der Waals surface area contributed by atoms with Crippen LogP contribution in [-0.2, 0) is 12.0 Å². The van der Waals surface area contributed by atoms with Crippen LogP contribution in [0.1, 0.15) is 41.1 Å². The van der Waals surface area contributed by atoms with E-state index in [1.807, 2.05) is 13.2 Å². The Balaban J connectivity index is 0.00000240. The van der Waals surface area contributed by atoms with E-state index in [0.717, 1.165) is 29.0 Å². The summed E-state index contributed by atoms with van der Waals surface area (Å²) >= 11 is 1.71. The van der Waals surface area contributed by atoms with E-state index in [1.54, 1.807) is 11.3 Å². The second-order valence-corrected chi connectivity index (χ2v) is 8.81. The lowest BCUT2D eigenvalue weighted by Crippen LogP contribution is -2.44. The van der Waals surface area contributed by atoms with Crippen LogP contribution in [0.5, 0.6) is 11.5 Å². The normalized spacial score (nSPS) is 17.5. The van der Waals surface area contributed by atoms with E-state index in [-0.39, 0.29) is 29.4 Å². The Bertz CT molecular complexity index is 849. The maximum atomic E-state index is 5.82. The number of nitrogens with zero attached hydrogens (tertiary/aromatic N) is 2. The van der Waals surface area contributed by atoms with Gasteiger partial charge in [-0.25, -0.2) is 4.98 Å². The fourth-order valence-corrected chi connectivity index (χ4v) is 4.84. The third kappa shape index (κ3) is 5.14. The fourth-order valence-electron chi connectivity index (χ4n) is 4.11. The number of benzene rings is 1. The molecule has 0 saturated heterocycles. The second-order valence-electron chi connectivity index (χ2n) is 7.49. The van der Waals surface area contributed by atoms with Gasteiger partial charge in [0.25, 0.3) is 0 Å². The van der Waals surface area contributed by atoms with Gasteiger partial charge >= 0.3 is 0 Å². The Kier molecular flexibility index (Phi) is 7.61. The van der Waals surface area contributed by atoms with Crippen LogP contribution in [0, 0.1) is 6.92 Å². The van der Waals surface area contributed by atoms with E-state index in [9.17, 15) is 0 Å². The number of fused-ring (bicyclic) bond motifs is 1. The number of guanidine groups is 1. The Morgan fingerprint density at radius 2 is 1.93 bits per heavy atom. The average molecular weight is 528 g/mol. The minimum absolute atomic E-state index is 0. The summed E-state index contributed by atoms with van der Waals surface area (Å²) in [5.41, 5.74) is 1.43. The Hall–Kier alpha value is -1.55. The third-order valence-corrected chi connectivity index (χ3v) is 6.52. The van der Waals surface area contributed by atoms with Crippen LogP contribution in [0.25, 0.3) is 0 Å². The summed E-state index contributed by atoms with van der Waals surface area (Å²) in [7, 11) is 1.81. The van der Waals surface area contributed by atoms with Crippen molar-refractivity contribution >= 4 is 41.3 Å². The van der Waals surface area contributed by atoms with Gasteiger partial charge in [0.1, 0.15) is 18.2 Å². The zero-order chi connectivity index (χ0) is 19.4. The molecule has 158 valence electrons. The van der Waals surface area contributed by atoms with Crippen molar-refractivity contribution in [3.05, 3.63) is 39.8 Å². The van der Waals surface area contributed by atoms with Gasteiger partial charge in [-0.3, -0.25) is 4.99 Å². The van der Waals surface area contributed by atoms with Crippen LogP contribution in [-0.4, -0.2) is 37.7 Å². The molecule has 1 aromatic carbocycles. The molecule has 1 aromatic heterocycles. The number of halogens is 1. The van der Waals surface area contributed by atoms with Gasteiger partial charge in [0, 0.05) is 30.1 Å². The van der Waals surface area contributed by atoms with Gasteiger partial charge in [0.15, 0.2) is 17.5 Å². The molecule has 1 aliphatic heterocycles. The molecule has 4 rings (SSSR count). The van der Waals surface area contributed by atoms with Crippen molar-refractivity contribution in [1.29, 1.82) is 0 Å². The molecule has 1 saturated carbocycles. The number of nitrogens with one attached hydrogen (secondary N) is 2. The van der Waals surface area contributed by atoms with E-state index in [0.29, 0.717) is 19.8 Å². The molecule has 29 heavy (non-hydrogen) atoms. The maximum absolute atomic E-state index is 5.82. The minimum Gasteiger partial charge on any atom is -0.486 e. The number of hydrogen-bond donors (Lipinski definition) is 2. The summed E-state index contributed by atoms with van der Waals surface area (Å²) in [6.07, 6.45) is 6.75. The van der Waals surface area contributed by atoms with Crippen LogP contribution in [0.4, 0.5) is 0 Å². The molecule has 0 atom stereocenters. The highest BCUT2D eigenvalue weighted by Gasteiger charge is 2.36. The van der Waals surface area contributed by atoms with Gasteiger partial charge in [-0.15, -0.1) is 35.3 Å². The summed E-state index contributed by atoms with van der Waals surface area (Å²) in [6.45, 7) is 4.86.